The molecular formula is C19H17ClN2O4. The van der Waals surface area contributed by atoms with Crippen LogP contribution in [-0.2, 0) is 14.3 Å². The lowest BCUT2D eigenvalue weighted by Gasteiger charge is -2.11. The Bertz CT molecular complexity index is 874. The topological polar surface area (TPSA) is 88.4 Å². The molecule has 0 heterocycles. The molecule has 1 N–H and O–H groups in total. The van der Waals surface area contributed by atoms with Gasteiger partial charge in [-0.3, -0.25) is 4.79 Å². The number of nitriles is 1. The maximum atomic E-state index is 11.9. The van der Waals surface area contributed by atoms with Crippen LogP contribution < -0.4 is 10.1 Å². The monoisotopic (exact) mass is 372 g/mol. The van der Waals surface area contributed by atoms with Gasteiger partial charge < -0.3 is 14.8 Å². The zero-order valence-corrected chi connectivity index (χ0v) is 15.1. The summed E-state index contributed by atoms with van der Waals surface area (Å²) in [6.07, 6.45) is 0. The molecule has 7 heteroatoms. The third-order valence-corrected chi connectivity index (χ3v) is 3.88. The number of benzene rings is 2. The first kappa shape index (κ1) is 19.3. The summed E-state index contributed by atoms with van der Waals surface area (Å²) in [7, 11) is 0. The minimum atomic E-state index is -0.673. The number of nitrogens with one attached hydrogen (secondary N) is 1. The van der Waals surface area contributed by atoms with Crippen LogP contribution in [0.25, 0.3) is 0 Å². The van der Waals surface area contributed by atoms with Gasteiger partial charge in [-0.2, -0.15) is 5.26 Å². The highest BCUT2D eigenvalue weighted by molar-refractivity contribution is 6.31. The van der Waals surface area contributed by atoms with Crippen LogP contribution in [0, 0.1) is 25.2 Å². The summed E-state index contributed by atoms with van der Waals surface area (Å²) in [5.74, 6) is -0.666. The normalized spacial score (nSPS) is 9.92. The molecule has 2 aromatic rings. The molecule has 0 saturated carbocycles. The summed E-state index contributed by atoms with van der Waals surface area (Å²) in [5.41, 5.74) is 2.49. The maximum Gasteiger partial charge on any atom is 0.344 e. The molecule has 0 unspecified atom stereocenters. The molecule has 2 aromatic carbocycles. The predicted molar refractivity (Wildman–Crippen MR) is 97.2 cm³/mol. The molecule has 6 nitrogen and oxygen atoms in total. The fourth-order valence-corrected chi connectivity index (χ4v) is 2.28. The number of hydrogen-bond donors (Lipinski definition) is 1. The van der Waals surface area contributed by atoms with Gasteiger partial charge in [-0.15, -0.1) is 0 Å². The number of anilines is 1. The van der Waals surface area contributed by atoms with E-state index in [4.69, 9.17) is 26.3 Å². The Kier molecular flexibility index (Phi) is 6.59. The van der Waals surface area contributed by atoms with E-state index in [9.17, 15) is 9.59 Å². The van der Waals surface area contributed by atoms with Crippen molar-refractivity contribution in [1.82, 2.24) is 0 Å². The number of halogens is 1. The predicted octanol–water partition coefficient (Wildman–Crippen LogP) is 3.39. The Morgan fingerprint density at radius 3 is 2.69 bits per heavy atom. The Morgan fingerprint density at radius 2 is 1.96 bits per heavy atom. The highest BCUT2D eigenvalue weighted by Crippen LogP contribution is 2.21. The molecule has 0 atom stereocenters. The second-order valence-electron chi connectivity index (χ2n) is 5.50. The van der Waals surface area contributed by atoms with E-state index in [1.54, 1.807) is 12.1 Å². The minimum absolute atomic E-state index is 0.257. The fourth-order valence-electron chi connectivity index (χ4n) is 2.11. The van der Waals surface area contributed by atoms with Gasteiger partial charge in [-0.05, 0) is 49.2 Å². The van der Waals surface area contributed by atoms with Gasteiger partial charge in [-0.25, -0.2) is 4.79 Å². The highest BCUT2D eigenvalue weighted by atomic mass is 35.5. The van der Waals surface area contributed by atoms with Gasteiger partial charge in [-0.1, -0.05) is 23.7 Å². The van der Waals surface area contributed by atoms with E-state index >= 15 is 0 Å². The van der Waals surface area contributed by atoms with Crippen LogP contribution in [0.15, 0.2) is 36.4 Å². The lowest BCUT2D eigenvalue weighted by atomic mass is 10.1. The van der Waals surface area contributed by atoms with Crippen LogP contribution in [0.3, 0.4) is 0 Å². The van der Waals surface area contributed by atoms with E-state index < -0.39 is 18.5 Å². The van der Waals surface area contributed by atoms with E-state index in [0.717, 1.165) is 11.1 Å². The molecular weight excluding hydrogens is 356 g/mol. The molecule has 1 amide bonds. The van der Waals surface area contributed by atoms with Crippen molar-refractivity contribution in [3.8, 4) is 11.8 Å². The zero-order valence-electron chi connectivity index (χ0n) is 14.3. The first-order valence-electron chi connectivity index (χ1n) is 7.75. The summed E-state index contributed by atoms with van der Waals surface area (Å²) in [4.78, 5) is 23.6. The number of rotatable bonds is 6. The van der Waals surface area contributed by atoms with Crippen molar-refractivity contribution < 1.29 is 19.1 Å². The average molecular weight is 373 g/mol. The minimum Gasteiger partial charge on any atom is -0.482 e. The molecule has 0 spiro atoms. The van der Waals surface area contributed by atoms with Crippen molar-refractivity contribution in [2.24, 2.45) is 0 Å². The molecule has 2 rings (SSSR count). The van der Waals surface area contributed by atoms with Crippen molar-refractivity contribution in [2.75, 3.05) is 18.5 Å². The molecule has 0 bridgehead atoms. The molecule has 134 valence electrons. The highest BCUT2D eigenvalue weighted by Gasteiger charge is 2.12. The van der Waals surface area contributed by atoms with E-state index in [-0.39, 0.29) is 17.9 Å². The second-order valence-corrected chi connectivity index (χ2v) is 5.93. The smallest absolute Gasteiger partial charge is 0.344 e. The van der Waals surface area contributed by atoms with Crippen molar-refractivity contribution in [1.29, 1.82) is 5.26 Å². The van der Waals surface area contributed by atoms with Crippen LogP contribution in [0.5, 0.6) is 5.75 Å². The molecule has 26 heavy (non-hydrogen) atoms. The van der Waals surface area contributed by atoms with E-state index in [2.05, 4.69) is 5.32 Å². The van der Waals surface area contributed by atoms with E-state index in [1.807, 2.05) is 32.0 Å². The van der Waals surface area contributed by atoms with Gasteiger partial charge >= 0.3 is 5.97 Å². The SMILES string of the molecule is Cc1cccc(OCC(=O)OCC(=O)Nc2cc(Cl)ccc2C#N)c1C. The standard InChI is InChI=1S/C19H17ClN2O4/c1-12-4-3-5-17(13(12)2)25-11-19(24)26-10-18(23)22-16-8-15(20)7-6-14(16)9-21/h3-8H,10-11H2,1-2H3,(H,22,23). The molecule has 0 radical (unpaired) electrons. The number of carbonyl (C=O) groups excluding carboxylic acids is 2. The number of ether oxygens (including phenoxy) is 2. The molecule has 0 aliphatic heterocycles. The van der Waals surface area contributed by atoms with Gasteiger partial charge in [0.15, 0.2) is 13.2 Å². The summed E-state index contributed by atoms with van der Waals surface area (Å²) < 4.78 is 10.3. The van der Waals surface area contributed by atoms with Crippen LogP contribution in [0.2, 0.25) is 5.02 Å². The Balaban J connectivity index is 1.84. The number of hydrogen-bond acceptors (Lipinski definition) is 5. The largest absolute Gasteiger partial charge is 0.482 e. The number of nitrogens with zero attached hydrogens (tertiary/aromatic N) is 1. The fraction of sp³-hybridized carbons (Fsp3) is 0.211. The summed E-state index contributed by atoms with van der Waals surface area (Å²) in [6, 6.07) is 11.9. The van der Waals surface area contributed by atoms with Crippen LogP contribution >= 0.6 is 11.6 Å². The van der Waals surface area contributed by atoms with Crippen molar-refractivity contribution in [3.05, 3.63) is 58.1 Å². The average Bonchev–Trinajstić information content (AvgIpc) is 2.61. The van der Waals surface area contributed by atoms with Crippen LogP contribution in [-0.4, -0.2) is 25.1 Å². The summed E-state index contributed by atoms with van der Waals surface area (Å²) in [5, 5.41) is 11.9. The Labute approximate surface area is 156 Å². The van der Waals surface area contributed by atoms with Gasteiger partial charge in [0.25, 0.3) is 5.91 Å². The van der Waals surface area contributed by atoms with Crippen LogP contribution in [0.1, 0.15) is 16.7 Å². The van der Waals surface area contributed by atoms with Crippen molar-refractivity contribution >= 4 is 29.2 Å². The Hall–Kier alpha value is -3.04. The lowest BCUT2D eigenvalue weighted by Crippen LogP contribution is -2.24. The van der Waals surface area contributed by atoms with Crippen LogP contribution in [0.4, 0.5) is 5.69 Å². The Morgan fingerprint density at radius 1 is 1.19 bits per heavy atom. The molecule has 0 aliphatic carbocycles. The maximum absolute atomic E-state index is 11.9. The van der Waals surface area contributed by atoms with Gasteiger partial charge in [0.05, 0.1) is 11.3 Å². The van der Waals surface area contributed by atoms with Crippen molar-refractivity contribution in [3.63, 3.8) is 0 Å². The first-order valence-corrected chi connectivity index (χ1v) is 8.12. The number of amides is 1. The summed E-state index contributed by atoms with van der Waals surface area (Å²) >= 11 is 5.85. The quantitative estimate of drug-likeness (QED) is 0.785. The first-order chi connectivity index (χ1) is 12.4. The van der Waals surface area contributed by atoms with Gasteiger partial charge in [0.1, 0.15) is 11.8 Å². The number of aryl methyl sites for hydroxylation is 1. The second kappa shape index (κ2) is 8.88. The van der Waals surface area contributed by atoms with Gasteiger partial charge in [0, 0.05) is 5.02 Å². The molecule has 0 aliphatic rings. The molecule has 0 aromatic heterocycles. The third kappa shape index (κ3) is 5.23. The third-order valence-electron chi connectivity index (χ3n) is 3.64. The van der Waals surface area contributed by atoms with Crippen molar-refractivity contribution in [2.45, 2.75) is 13.8 Å². The van der Waals surface area contributed by atoms with E-state index in [1.165, 1.54) is 12.1 Å². The van der Waals surface area contributed by atoms with E-state index in [0.29, 0.717) is 10.8 Å². The zero-order chi connectivity index (χ0) is 19.1. The summed E-state index contributed by atoms with van der Waals surface area (Å²) in [6.45, 7) is 3.03. The molecule has 0 fully saturated rings. The number of esters is 1. The lowest BCUT2D eigenvalue weighted by molar-refractivity contribution is -0.149. The number of carbonyl (C=O) groups is 2. The van der Waals surface area contributed by atoms with Gasteiger partial charge in [0.2, 0.25) is 0 Å². The molecule has 0 saturated heterocycles.